The summed E-state index contributed by atoms with van der Waals surface area (Å²) in [5.41, 5.74) is 0. The van der Waals surface area contributed by atoms with Crippen LogP contribution in [0.1, 0.15) is 26.2 Å². The summed E-state index contributed by atoms with van der Waals surface area (Å²) in [6, 6.07) is 2.85. The van der Waals surface area contributed by atoms with Crippen LogP contribution >= 0.6 is 12.6 Å². The second kappa shape index (κ2) is 6.75. The first kappa shape index (κ1) is 15.8. The molecule has 104 valence electrons. The van der Waals surface area contributed by atoms with E-state index in [4.69, 9.17) is 0 Å². The van der Waals surface area contributed by atoms with Crippen molar-refractivity contribution < 1.29 is 9.59 Å². The standard InChI is InChI=1S/C13H25NO2SSi/c1-10(15)7-11(8-17)13(16)14-12-5-4-6-18(2,3)9-12/h11-12,17H,4-9H2,1-3H3,(H,14,16)/t11-,12?/m0/s1. The van der Waals surface area contributed by atoms with Gasteiger partial charge in [-0.3, -0.25) is 4.79 Å². The molecule has 1 unspecified atom stereocenters. The van der Waals surface area contributed by atoms with E-state index in [1.807, 2.05) is 0 Å². The van der Waals surface area contributed by atoms with E-state index < -0.39 is 8.07 Å². The van der Waals surface area contributed by atoms with Gasteiger partial charge in [-0.1, -0.05) is 25.6 Å². The van der Waals surface area contributed by atoms with Gasteiger partial charge in [0.2, 0.25) is 5.91 Å². The molecular formula is C13H25NO2SSi. The number of hydrogen-bond donors (Lipinski definition) is 2. The number of rotatable bonds is 5. The molecule has 1 aliphatic rings. The molecule has 1 saturated heterocycles. The van der Waals surface area contributed by atoms with Gasteiger partial charge in [0.25, 0.3) is 0 Å². The van der Waals surface area contributed by atoms with E-state index >= 15 is 0 Å². The molecule has 0 radical (unpaired) electrons. The fourth-order valence-electron chi connectivity index (χ4n) is 2.73. The number of carbonyl (C=O) groups excluding carboxylic acids is 2. The van der Waals surface area contributed by atoms with Crippen LogP contribution in [-0.4, -0.2) is 31.6 Å². The third-order valence-corrected chi connectivity index (χ3v) is 7.42. The molecule has 1 amide bonds. The van der Waals surface area contributed by atoms with Crippen LogP contribution in [0.15, 0.2) is 0 Å². The van der Waals surface area contributed by atoms with Gasteiger partial charge in [0, 0.05) is 26.3 Å². The van der Waals surface area contributed by atoms with Gasteiger partial charge in [0.15, 0.2) is 0 Å². The highest BCUT2D eigenvalue weighted by Gasteiger charge is 2.31. The minimum absolute atomic E-state index is 0.0110. The van der Waals surface area contributed by atoms with Crippen molar-refractivity contribution in [3.63, 3.8) is 0 Å². The highest BCUT2D eigenvalue weighted by atomic mass is 32.1. The van der Waals surface area contributed by atoms with Crippen LogP contribution in [0, 0.1) is 5.92 Å². The van der Waals surface area contributed by atoms with E-state index in [-0.39, 0.29) is 17.6 Å². The Morgan fingerprint density at radius 2 is 2.11 bits per heavy atom. The highest BCUT2D eigenvalue weighted by Crippen LogP contribution is 2.28. The normalized spacial score (nSPS) is 24.3. The molecule has 18 heavy (non-hydrogen) atoms. The number of amides is 1. The van der Waals surface area contributed by atoms with Gasteiger partial charge in [-0.2, -0.15) is 12.6 Å². The number of nitrogens with one attached hydrogen (secondary N) is 1. The maximum atomic E-state index is 12.1. The molecule has 1 heterocycles. The molecule has 0 aromatic rings. The minimum Gasteiger partial charge on any atom is -0.353 e. The molecule has 5 heteroatoms. The lowest BCUT2D eigenvalue weighted by Gasteiger charge is -2.34. The quantitative estimate of drug-likeness (QED) is 0.603. The van der Waals surface area contributed by atoms with Gasteiger partial charge in [-0.05, 0) is 19.4 Å². The summed E-state index contributed by atoms with van der Waals surface area (Å²) in [4.78, 5) is 23.2. The molecule has 1 rings (SSSR count). The van der Waals surface area contributed by atoms with Gasteiger partial charge in [-0.15, -0.1) is 0 Å². The van der Waals surface area contributed by atoms with Crippen molar-refractivity contribution in [3.05, 3.63) is 0 Å². The average Bonchev–Trinajstić information content (AvgIpc) is 2.23. The summed E-state index contributed by atoms with van der Waals surface area (Å²) in [5, 5.41) is 3.13. The fraction of sp³-hybridized carbons (Fsp3) is 0.846. The number of hydrogen-bond acceptors (Lipinski definition) is 3. The molecule has 1 aliphatic heterocycles. The Labute approximate surface area is 117 Å². The Balaban J connectivity index is 2.50. The van der Waals surface area contributed by atoms with Crippen molar-refractivity contribution in [2.45, 2.75) is 57.4 Å². The zero-order chi connectivity index (χ0) is 13.8. The van der Waals surface area contributed by atoms with Crippen molar-refractivity contribution in [2.75, 3.05) is 5.75 Å². The lowest BCUT2D eigenvalue weighted by molar-refractivity contribution is -0.128. The molecule has 0 aromatic heterocycles. The summed E-state index contributed by atoms with van der Waals surface area (Å²) in [7, 11) is -1.10. The zero-order valence-corrected chi connectivity index (χ0v) is 13.6. The van der Waals surface area contributed by atoms with Crippen molar-refractivity contribution in [3.8, 4) is 0 Å². The Morgan fingerprint density at radius 3 is 2.61 bits per heavy atom. The van der Waals surface area contributed by atoms with Crippen LogP contribution in [0.4, 0.5) is 0 Å². The van der Waals surface area contributed by atoms with E-state index in [9.17, 15) is 9.59 Å². The lowest BCUT2D eigenvalue weighted by Crippen LogP contribution is -2.46. The summed E-state index contributed by atoms with van der Waals surface area (Å²) < 4.78 is 0. The summed E-state index contributed by atoms with van der Waals surface area (Å²) in [6.45, 7) is 6.30. The van der Waals surface area contributed by atoms with Crippen LogP contribution in [0.5, 0.6) is 0 Å². The lowest BCUT2D eigenvalue weighted by atomic mass is 10.0. The summed E-state index contributed by atoms with van der Waals surface area (Å²) in [5.74, 6) is 0.246. The van der Waals surface area contributed by atoms with Gasteiger partial charge < -0.3 is 10.1 Å². The first-order chi connectivity index (χ1) is 8.34. The number of thiol groups is 1. The van der Waals surface area contributed by atoms with E-state index in [0.29, 0.717) is 18.2 Å². The third-order valence-electron chi connectivity index (χ3n) is 3.68. The van der Waals surface area contributed by atoms with Crippen molar-refractivity contribution >= 4 is 32.4 Å². The van der Waals surface area contributed by atoms with Crippen LogP contribution in [0.2, 0.25) is 25.2 Å². The number of carbonyl (C=O) groups is 2. The Morgan fingerprint density at radius 1 is 1.44 bits per heavy atom. The molecule has 1 N–H and O–H groups in total. The molecule has 2 atom stereocenters. The van der Waals surface area contributed by atoms with E-state index in [2.05, 4.69) is 31.0 Å². The predicted molar refractivity (Wildman–Crippen MR) is 80.9 cm³/mol. The van der Waals surface area contributed by atoms with E-state index in [1.165, 1.54) is 19.4 Å². The first-order valence-electron chi connectivity index (χ1n) is 6.75. The zero-order valence-electron chi connectivity index (χ0n) is 11.7. The average molecular weight is 288 g/mol. The first-order valence-corrected chi connectivity index (χ1v) is 10.8. The SMILES string of the molecule is CC(=O)C[C@@H](CS)C(=O)NC1CCC[Si](C)(C)C1. The molecular weight excluding hydrogens is 262 g/mol. The number of Topliss-reactive ketones (excluding diaryl/α,β-unsaturated/α-hetero) is 1. The van der Waals surface area contributed by atoms with Crippen LogP contribution in [-0.2, 0) is 9.59 Å². The summed E-state index contributed by atoms with van der Waals surface area (Å²) >= 11 is 4.18. The monoisotopic (exact) mass is 287 g/mol. The second-order valence-corrected chi connectivity index (χ2v) is 11.9. The van der Waals surface area contributed by atoms with Gasteiger partial charge in [0.05, 0.1) is 5.92 Å². The molecule has 1 fully saturated rings. The Bertz CT molecular complexity index is 320. The predicted octanol–water partition coefficient (Wildman–Crippen LogP) is 2.50. The molecule has 0 bridgehead atoms. The van der Waals surface area contributed by atoms with E-state index in [1.54, 1.807) is 0 Å². The molecule has 0 spiro atoms. The van der Waals surface area contributed by atoms with Gasteiger partial charge >= 0.3 is 0 Å². The second-order valence-electron chi connectivity index (χ2n) is 6.25. The third kappa shape index (κ3) is 5.14. The molecule has 3 nitrogen and oxygen atoms in total. The maximum Gasteiger partial charge on any atom is 0.224 e. The maximum absolute atomic E-state index is 12.1. The Hall–Kier alpha value is -0.293. The smallest absolute Gasteiger partial charge is 0.224 e. The Kier molecular flexibility index (Phi) is 5.91. The van der Waals surface area contributed by atoms with Crippen LogP contribution in [0.25, 0.3) is 0 Å². The van der Waals surface area contributed by atoms with Crippen LogP contribution < -0.4 is 5.32 Å². The molecule has 0 aromatic carbocycles. The van der Waals surface area contributed by atoms with Crippen molar-refractivity contribution in [1.82, 2.24) is 5.32 Å². The minimum atomic E-state index is -1.10. The van der Waals surface area contributed by atoms with Crippen molar-refractivity contribution in [1.29, 1.82) is 0 Å². The van der Waals surface area contributed by atoms with Crippen LogP contribution in [0.3, 0.4) is 0 Å². The van der Waals surface area contributed by atoms with Crippen molar-refractivity contribution in [2.24, 2.45) is 5.92 Å². The van der Waals surface area contributed by atoms with Gasteiger partial charge in [-0.25, -0.2) is 0 Å². The fourth-order valence-corrected chi connectivity index (χ4v) is 6.03. The molecule has 0 saturated carbocycles. The van der Waals surface area contributed by atoms with E-state index in [0.717, 1.165) is 12.5 Å². The highest BCUT2D eigenvalue weighted by molar-refractivity contribution is 7.80. The number of ketones is 1. The topological polar surface area (TPSA) is 46.2 Å². The summed E-state index contributed by atoms with van der Waals surface area (Å²) in [6.07, 6.45) is 2.62. The molecule has 0 aliphatic carbocycles. The largest absolute Gasteiger partial charge is 0.353 e. The van der Waals surface area contributed by atoms with Gasteiger partial charge in [0.1, 0.15) is 5.78 Å².